The highest BCUT2D eigenvalue weighted by molar-refractivity contribution is 5.89. The predicted octanol–water partition coefficient (Wildman–Crippen LogP) is -0.713. The summed E-state index contributed by atoms with van der Waals surface area (Å²) in [5.41, 5.74) is 15.2. The maximum absolute atomic E-state index is 11.8. The van der Waals surface area contributed by atoms with Gasteiger partial charge in [0.2, 0.25) is 11.8 Å². The molecule has 4 unspecified atom stereocenters. The van der Waals surface area contributed by atoms with Gasteiger partial charge in [0.05, 0.1) is 45.9 Å². The van der Waals surface area contributed by atoms with Crippen LogP contribution in [-0.2, 0) is 43.0 Å². The third-order valence-corrected chi connectivity index (χ3v) is 7.60. The molecule has 60 heavy (non-hydrogen) atoms. The predicted molar refractivity (Wildman–Crippen MR) is 235 cm³/mol. The topological polar surface area (TPSA) is 342 Å². The van der Waals surface area contributed by atoms with Crippen LogP contribution in [0.2, 0.25) is 0 Å². The number of ketones is 1. The van der Waals surface area contributed by atoms with E-state index < -0.39 is 23.9 Å². The molecule has 0 aromatic carbocycles. The molecule has 0 spiro atoms. The SMILES string of the molecule is CC(C)CC(C(=O)NCC(=O)CN)N(C)C.CC(C)CC(C(=O)O)N(C)C.CC(C)CC(N)C(=O)O.COC(=O)CN.COC(=O)CNC(=O)C(CC(C)C)N(C)C.NN. The van der Waals surface area contributed by atoms with Crippen LogP contribution in [0.25, 0.3) is 0 Å². The number of aliphatic carboxylic acids is 2. The standard InChI is InChI=1S/C11H23N3O2.C11H22N2O3.C8H17NO2.C6H13NO2.C3H7NO2.H4N2/c1-8(2)5-10(14(3)4)11(16)13-7-9(15)6-12;1-8(2)6-9(13(3)4)11(15)12-7-10(14)16-5;1-6(2)5-7(8(10)11)9(3)4;1-4(2)3-5(7)6(8)9;1-6-3(5)2-4;1-2/h8,10H,5-7,12H2,1-4H3,(H,13,16);8-9H,6-7H2,1-5H3,(H,12,15);6-7H,5H2,1-4H3,(H,10,11);4-5H,3,7H2,1-2H3,(H,8,9);2,4H2,1H3;1-2H2. The summed E-state index contributed by atoms with van der Waals surface area (Å²) in [5, 5.41) is 22.2. The van der Waals surface area contributed by atoms with Crippen LogP contribution >= 0.6 is 0 Å². The third-order valence-electron chi connectivity index (χ3n) is 7.60. The summed E-state index contributed by atoms with van der Waals surface area (Å²) in [6.45, 7) is 16.1. The van der Waals surface area contributed by atoms with Crippen LogP contribution in [-0.4, -0.2) is 173 Å². The van der Waals surface area contributed by atoms with Gasteiger partial charge in [-0.25, -0.2) is 0 Å². The first-order valence-electron chi connectivity index (χ1n) is 19.7. The van der Waals surface area contributed by atoms with Crippen molar-refractivity contribution in [3.05, 3.63) is 0 Å². The number of carbonyl (C=O) groups excluding carboxylic acids is 5. The summed E-state index contributed by atoms with van der Waals surface area (Å²) >= 11 is 0. The molecule has 0 radical (unpaired) electrons. The third kappa shape index (κ3) is 45.3. The van der Waals surface area contributed by atoms with Crippen molar-refractivity contribution in [3.63, 3.8) is 0 Å². The lowest BCUT2D eigenvalue weighted by Gasteiger charge is -2.24. The Bertz CT molecular complexity index is 1100. The fourth-order valence-electron chi connectivity index (χ4n) is 4.39. The van der Waals surface area contributed by atoms with Crippen molar-refractivity contribution >= 4 is 41.5 Å². The summed E-state index contributed by atoms with van der Waals surface area (Å²) in [5.74, 6) is 6.78. The van der Waals surface area contributed by atoms with E-state index in [9.17, 15) is 33.6 Å². The number of hydrazine groups is 1. The van der Waals surface area contributed by atoms with Gasteiger partial charge in [-0.15, -0.1) is 0 Å². The van der Waals surface area contributed by atoms with Gasteiger partial charge in [-0.1, -0.05) is 55.4 Å². The van der Waals surface area contributed by atoms with Crippen LogP contribution in [0, 0.1) is 23.7 Å². The molecule has 0 aromatic rings. The quantitative estimate of drug-likeness (QED) is 0.0391. The monoisotopic (exact) mass is 871 g/mol. The summed E-state index contributed by atoms with van der Waals surface area (Å²) in [6.07, 6.45) is 2.80. The summed E-state index contributed by atoms with van der Waals surface area (Å²) in [6, 6.07) is -1.42. The smallest absolute Gasteiger partial charge is 0.325 e. The zero-order valence-electron chi connectivity index (χ0n) is 39.6. The highest BCUT2D eigenvalue weighted by Crippen LogP contribution is 2.10. The number of nitrogens with zero attached hydrogens (tertiary/aromatic N) is 3. The Kier molecular flexibility index (Phi) is 47.4. The number of Topliss-reactive ketones (excluding diaryl/α,β-unsaturated/α-hetero) is 1. The van der Waals surface area contributed by atoms with Gasteiger partial charge in [-0.2, -0.15) is 0 Å². The number of nitrogens with one attached hydrogen (secondary N) is 2. The second-order valence-corrected chi connectivity index (χ2v) is 15.8. The van der Waals surface area contributed by atoms with Gasteiger partial charge in [-0.05, 0) is 91.6 Å². The maximum atomic E-state index is 11.8. The molecule has 21 heteroatoms. The van der Waals surface area contributed by atoms with E-state index >= 15 is 0 Å². The number of methoxy groups -OCH3 is 2. The molecule has 0 heterocycles. The summed E-state index contributed by atoms with van der Waals surface area (Å²) < 4.78 is 8.59. The molecule has 0 aliphatic heterocycles. The minimum absolute atomic E-state index is 0.0256. The van der Waals surface area contributed by atoms with Crippen molar-refractivity contribution in [2.24, 2.45) is 52.6 Å². The van der Waals surface area contributed by atoms with E-state index in [1.165, 1.54) is 14.2 Å². The zero-order chi connectivity index (χ0) is 48.9. The summed E-state index contributed by atoms with van der Waals surface area (Å²) in [4.78, 5) is 81.5. The molecule has 0 saturated heterocycles. The Labute approximate surface area is 360 Å². The van der Waals surface area contributed by atoms with E-state index in [0.29, 0.717) is 36.5 Å². The van der Waals surface area contributed by atoms with Crippen LogP contribution in [0.3, 0.4) is 0 Å². The highest BCUT2D eigenvalue weighted by Gasteiger charge is 2.23. The lowest BCUT2D eigenvalue weighted by molar-refractivity contribution is -0.143. The normalized spacial score (nSPS) is 12.3. The Balaban J connectivity index is -0.000000156. The van der Waals surface area contributed by atoms with Crippen molar-refractivity contribution in [3.8, 4) is 0 Å². The first-order chi connectivity index (χ1) is 27.6. The van der Waals surface area contributed by atoms with Crippen molar-refractivity contribution < 1.29 is 53.2 Å². The van der Waals surface area contributed by atoms with E-state index in [-0.39, 0.29) is 67.9 Å². The minimum atomic E-state index is -0.913. The number of hydrogen-bond acceptors (Lipinski definition) is 17. The number of ether oxygens (including phenoxy) is 2. The van der Waals surface area contributed by atoms with Crippen LogP contribution in [0.15, 0.2) is 0 Å². The number of rotatable bonds is 21. The number of esters is 2. The molecule has 0 saturated carbocycles. The minimum Gasteiger partial charge on any atom is -0.480 e. The number of hydrogen-bond donors (Lipinski definition) is 9. The molecule has 0 rings (SSSR count). The molecule has 2 amide bonds. The fraction of sp³-hybridized carbons (Fsp3) is 0.821. The van der Waals surface area contributed by atoms with Crippen LogP contribution in [0.5, 0.6) is 0 Å². The molecular formula is C39H86N10O11. The number of amides is 2. The second kappa shape index (κ2) is 41.9. The Hall–Kier alpha value is -3.83. The van der Waals surface area contributed by atoms with Crippen molar-refractivity contribution in [1.82, 2.24) is 25.3 Å². The number of carboxylic acids is 2. The van der Waals surface area contributed by atoms with E-state index in [2.05, 4.69) is 59.5 Å². The van der Waals surface area contributed by atoms with Crippen molar-refractivity contribution in [1.29, 1.82) is 0 Å². The Morgan fingerprint density at radius 3 is 1.02 bits per heavy atom. The average Bonchev–Trinajstić information content (AvgIpc) is 3.16. The van der Waals surface area contributed by atoms with E-state index in [0.717, 1.165) is 12.8 Å². The molecule has 4 atom stereocenters. The molecule has 0 aliphatic rings. The first kappa shape index (κ1) is 67.9. The second-order valence-electron chi connectivity index (χ2n) is 15.8. The largest absolute Gasteiger partial charge is 0.480 e. The van der Waals surface area contributed by atoms with Gasteiger partial charge < -0.3 is 47.5 Å². The fourth-order valence-corrected chi connectivity index (χ4v) is 4.39. The lowest BCUT2D eigenvalue weighted by Crippen LogP contribution is -2.46. The molecular weight excluding hydrogens is 784 g/mol. The maximum Gasteiger partial charge on any atom is 0.325 e. The average molecular weight is 871 g/mol. The number of carbonyl (C=O) groups is 7. The van der Waals surface area contributed by atoms with Crippen LogP contribution < -0.4 is 39.5 Å². The van der Waals surface area contributed by atoms with Gasteiger partial charge in [-0.3, -0.25) is 59.9 Å². The lowest BCUT2D eigenvalue weighted by atomic mass is 10.0. The number of likely N-dealkylation sites (N-methyl/N-ethyl adjacent to an activating group) is 3. The zero-order valence-corrected chi connectivity index (χ0v) is 39.6. The molecule has 0 aliphatic carbocycles. The number of nitrogens with two attached hydrogens (primary N) is 5. The molecule has 0 fully saturated rings. The van der Waals surface area contributed by atoms with Gasteiger partial charge in [0.25, 0.3) is 0 Å². The van der Waals surface area contributed by atoms with E-state index in [1.54, 1.807) is 19.0 Å². The molecule has 358 valence electrons. The Morgan fingerprint density at radius 1 is 0.517 bits per heavy atom. The molecule has 14 N–H and O–H groups in total. The first-order valence-corrected chi connectivity index (χ1v) is 19.7. The van der Waals surface area contributed by atoms with Crippen LogP contribution in [0.4, 0.5) is 0 Å². The van der Waals surface area contributed by atoms with Crippen molar-refractivity contribution in [2.75, 3.05) is 82.7 Å². The number of carboxylic acid groups (broad SMARTS) is 2. The van der Waals surface area contributed by atoms with Crippen LogP contribution in [0.1, 0.15) is 81.1 Å². The summed E-state index contributed by atoms with van der Waals surface area (Å²) in [7, 11) is 13.6. The van der Waals surface area contributed by atoms with Gasteiger partial charge in [0, 0.05) is 0 Å². The Morgan fingerprint density at radius 2 is 0.833 bits per heavy atom. The van der Waals surface area contributed by atoms with Gasteiger partial charge in [0.15, 0.2) is 5.78 Å². The van der Waals surface area contributed by atoms with Gasteiger partial charge >= 0.3 is 23.9 Å². The van der Waals surface area contributed by atoms with E-state index in [1.807, 2.05) is 65.7 Å². The molecule has 0 aromatic heterocycles. The van der Waals surface area contributed by atoms with E-state index in [4.69, 9.17) is 27.4 Å². The molecule has 0 bridgehead atoms. The van der Waals surface area contributed by atoms with Crippen molar-refractivity contribution in [2.45, 2.75) is 105 Å². The molecule has 21 nitrogen and oxygen atoms in total. The highest BCUT2D eigenvalue weighted by atomic mass is 16.5. The van der Waals surface area contributed by atoms with Gasteiger partial charge in [0.1, 0.15) is 18.6 Å².